The van der Waals surface area contributed by atoms with Gasteiger partial charge in [0.05, 0.1) is 25.0 Å². The first kappa shape index (κ1) is 17.6. The van der Waals surface area contributed by atoms with E-state index in [-0.39, 0.29) is 17.4 Å². The summed E-state index contributed by atoms with van der Waals surface area (Å²) in [5.74, 6) is 0. The van der Waals surface area contributed by atoms with Crippen LogP contribution in [-0.2, 0) is 18.1 Å². The van der Waals surface area contributed by atoms with E-state index in [0.29, 0.717) is 18.9 Å². The lowest BCUT2D eigenvalue weighted by Gasteiger charge is -2.30. The lowest BCUT2D eigenvalue weighted by Crippen LogP contribution is -2.26. The highest BCUT2D eigenvalue weighted by atomic mass is 31.2. The van der Waals surface area contributed by atoms with E-state index in [4.69, 9.17) is 13.6 Å². The van der Waals surface area contributed by atoms with Crippen molar-refractivity contribution in [1.29, 1.82) is 0 Å². The van der Waals surface area contributed by atoms with E-state index in [1.54, 1.807) is 0 Å². The molecule has 2 bridgehead atoms. The molecule has 2 aliphatic heterocycles. The molecule has 2 heterocycles. The van der Waals surface area contributed by atoms with Crippen LogP contribution in [-0.4, -0.2) is 36.3 Å². The Morgan fingerprint density at radius 3 is 2.24 bits per heavy atom. The molecule has 0 saturated carbocycles. The fourth-order valence-corrected chi connectivity index (χ4v) is 9.93. The van der Waals surface area contributed by atoms with Gasteiger partial charge in [0, 0.05) is 19.5 Å². The van der Waals surface area contributed by atoms with Gasteiger partial charge in [-0.3, -0.25) is 4.57 Å². The Morgan fingerprint density at radius 1 is 1.19 bits per heavy atom. The molecule has 0 aromatic carbocycles. The van der Waals surface area contributed by atoms with Gasteiger partial charge >= 0.3 is 7.60 Å². The molecule has 0 aromatic rings. The molecule has 0 amide bonds. The number of fused-ring (bicyclic) bond motifs is 2. The van der Waals surface area contributed by atoms with Gasteiger partial charge in [0.25, 0.3) is 0 Å². The highest BCUT2D eigenvalue weighted by molar-refractivity contribution is 7.60. The number of hydrogen-bond donors (Lipinski definition) is 0. The highest BCUT2D eigenvalue weighted by Crippen LogP contribution is 2.74. The molecule has 0 unspecified atom stereocenters. The van der Waals surface area contributed by atoms with Gasteiger partial charge in [-0.2, -0.15) is 0 Å². The summed E-state index contributed by atoms with van der Waals surface area (Å²) in [4.78, 5) is 0. The van der Waals surface area contributed by atoms with E-state index in [9.17, 15) is 4.57 Å². The molecule has 0 N–H and O–H groups in total. The summed E-state index contributed by atoms with van der Waals surface area (Å²) >= 11 is 0. The van der Waals surface area contributed by atoms with Gasteiger partial charge < -0.3 is 13.6 Å². The summed E-state index contributed by atoms with van der Waals surface area (Å²) < 4.78 is 30.6. The summed E-state index contributed by atoms with van der Waals surface area (Å²) in [7, 11) is -3.66. The van der Waals surface area contributed by atoms with E-state index in [2.05, 4.69) is 27.7 Å². The molecule has 0 spiro atoms. The molecule has 0 aromatic heterocycles. The minimum absolute atomic E-state index is 0.0315. The van der Waals surface area contributed by atoms with Gasteiger partial charge in [0.15, 0.2) is 0 Å². The third kappa shape index (κ3) is 3.16. The Kier molecular flexibility index (Phi) is 5.71. The normalized spacial score (nSPS) is 32.5. The second-order valence-electron chi connectivity index (χ2n) is 6.02. The van der Waals surface area contributed by atoms with Crippen LogP contribution in [0.1, 0.15) is 48.0 Å². The van der Waals surface area contributed by atoms with E-state index in [1.165, 1.54) is 11.1 Å². The fraction of sp³-hybridized carbons (Fsp3) is 0.867. The predicted molar refractivity (Wildman–Crippen MR) is 88.4 cm³/mol. The maximum Gasteiger partial charge on any atom is 0.334 e. The summed E-state index contributed by atoms with van der Waals surface area (Å²) in [6, 6.07) is 0. The molecular weight excluding hydrogens is 306 g/mol. The zero-order valence-electron chi connectivity index (χ0n) is 14.0. The Labute approximate surface area is 130 Å². The van der Waals surface area contributed by atoms with Crippen molar-refractivity contribution in [2.75, 3.05) is 13.2 Å². The zero-order chi connectivity index (χ0) is 15.8. The minimum Gasteiger partial charge on any atom is -0.355 e. The lowest BCUT2D eigenvalue weighted by molar-refractivity contribution is 0.211. The summed E-state index contributed by atoms with van der Waals surface area (Å²) in [6.45, 7) is 13.1. The Balaban J connectivity index is 2.29. The summed E-state index contributed by atoms with van der Waals surface area (Å²) in [6.07, 6.45) is 1.08. The molecule has 6 heteroatoms. The van der Waals surface area contributed by atoms with Crippen molar-refractivity contribution >= 4 is 15.7 Å². The zero-order valence-corrected chi connectivity index (χ0v) is 15.7. The van der Waals surface area contributed by atoms with Crippen LogP contribution < -0.4 is 0 Å². The Morgan fingerprint density at radius 2 is 1.76 bits per heavy atom. The molecule has 4 nitrogen and oxygen atoms in total. The van der Waals surface area contributed by atoms with Crippen LogP contribution in [0.2, 0.25) is 0 Å². The third-order valence-electron chi connectivity index (χ3n) is 4.33. The van der Waals surface area contributed by atoms with Crippen LogP contribution in [0.25, 0.3) is 0 Å². The first-order valence-electron chi connectivity index (χ1n) is 7.86. The van der Waals surface area contributed by atoms with E-state index < -0.39 is 15.7 Å². The average molecular weight is 334 g/mol. The van der Waals surface area contributed by atoms with Gasteiger partial charge in [-0.1, -0.05) is 11.1 Å². The van der Waals surface area contributed by atoms with Crippen LogP contribution >= 0.6 is 15.7 Å². The summed E-state index contributed by atoms with van der Waals surface area (Å²) in [5.41, 5.74) is 3.41. The second-order valence-corrected chi connectivity index (χ2v) is 10.4. The minimum atomic E-state index is -3.05. The van der Waals surface area contributed by atoms with Crippen molar-refractivity contribution in [2.24, 2.45) is 0 Å². The molecule has 1 fully saturated rings. The van der Waals surface area contributed by atoms with Gasteiger partial charge in [-0.05, 0) is 48.0 Å². The quantitative estimate of drug-likeness (QED) is 0.489. The van der Waals surface area contributed by atoms with Crippen LogP contribution in [0, 0.1) is 0 Å². The topological polar surface area (TPSA) is 44.8 Å². The molecule has 4 atom stereocenters. The summed E-state index contributed by atoms with van der Waals surface area (Å²) in [5, 5.41) is 0. The lowest BCUT2D eigenvalue weighted by atomic mass is 9.94. The van der Waals surface area contributed by atoms with E-state index in [1.807, 2.05) is 13.8 Å². The molecule has 0 aliphatic carbocycles. The Bertz CT molecular complexity index is 451. The van der Waals surface area contributed by atoms with E-state index in [0.717, 1.165) is 6.42 Å². The SMILES string of the molecule is CCOP(=O)(OCC)[C@H]1C[C@H]2C(C)=C(C)[C@@H]1[P@]2OC(C)C. The fourth-order valence-electron chi connectivity index (χ4n) is 3.44. The maximum atomic E-state index is 13.2. The van der Waals surface area contributed by atoms with Crippen molar-refractivity contribution < 1.29 is 18.1 Å². The molecular formula is C15H28O4P2. The third-order valence-corrected chi connectivity index (χ3v) is 10.3. The van der Waals surface area contributed by atoms with Crippen molar-refractivity contribution in [1.82, 2.24) is 0 Å². The predicted octanol–water partition coefficient (Wildman–Crippen LogP) is 4.93. The monoisotopic (exact) mass is 334 g/mol. The first-order valence-corrected chi connectivity index (χ1v) is 10.9. The van der Waals surface area contributed by atoms with Gasteiger partial charge in [-0.25, -0.2) is 0 Å². The van der Waals surface area contributed by atoms with Gasteiger partial charge in [0.2, 0.25) is 0 Å². The molecule has 1 saturated heterocycles. The first-order chi connectivity index (χ1) is 9.85. The Hall–Kier alpha value is 0.280. The molecule has 122 valence electrons. The number of rotatable bonds is 7. The largest absolute Gasteiger partial charge is 0.355 e. The highest BCUT2D eigenvalue weighted by Gasteiger charge is 2.58. The molecule has 2 aliphatic rings. The van der Waals surface area contributed by atoms with Crippen molar-refractivity contribution in [2.45, 2.75) is 71.0 Å². The van der Waals surface area contributed by atoms with Crippen LogP contribution in [0.3, 0.4) is 0 Å². The average Bonchev–Trinajstić information content (AvgIpc) is 2.85. The van der Waals surface area contributed by atoms with Crippen LogP contribution in [0.15, 0.2) is 11.1 Å². The van der Waals surface area contributed by atoms with Gasteiger partial charge in [0.1, 0.15) is 0 Å². The van der Waals surface area contributed by atoms with Crippen LogP contribution in [0.5, 0.6) is 0 Å². The molecule has 0 radical (unpaired) electrons. The van der Waals surface area contributed by atoms with Crippen molar-refractivity contribution in [3.8, 4) is 0 Å². The molecule has 21 heavy (non-hydrogen) atoms. The maximum absolute atomic E-state index is 13.2. The number of hydrogen-bond acceptors (Lipinski definition) is 4. The van der Waals surface area contributed by atoms with Gasteiger partial charge in [-0.15, -0.1) is 0 Å². The molecule has 2 rings (SSSR count). The van der Waals surface area contributed by atoms with E-state index >= 15 is 0 Å². The smallest absolute Gasteiger partial charge is 0.334 e. The van der Waals surface area contributed by atoms with Crippen molar-refractivity contribution in [3.63, 3.8) is 0 Å². The second kappa shape index (κ2) is 6.81. The van der Waals surface area contributed by atoms with Crippen LogP contribution in [0.4, 0.5) is 0 Å². The number of allylic oxidation sites excluding steroid dienone is 2. The van der Waals surface area contributed by atoms with Crippen molar-refractivity contribution in [3.05, 3.63) is 11.1 Å². The standard InChI is InChI=1S/C15H28O4P2/c1-7-17-21(16,18-8-2)14-9-13-11(5)12(6)15(14)20(13)19-10(3)4/h10,13-15H,7-9H2,1-6H3/t13-,14-,15-,20+/m0/s1.